The Morgan fingerprint density at radius 1 is 0.684 bits per heavy atom. The molecular formula is C17H35NaO. The molecule has 0 aromatic heterocycles. The molecule has 0 spiro atoms. The zero-order chi connectivity index (χ0) is 13.5. The molecule has 0 radical (unpaired) electrons. The molecule has 1 nitrogen and oxygen atoms in total. The van der Waals surface area contributed by atoms with Crippen LogP contribution in [-0.2, 0) is 4.79 Å². The molecule has 0 atom stereocenters. The molecule has 19 heavy (non-hydrogen) atoms. The number of carbonyl (C=O) groups excluding carboxylic acids is 1. The zero-order valence-electron chi connectivity index (χ0n) is 14.8. The van der Waals surface area contributed by atoms with Gasteiger partial charge in [0.2, 0.25) is 0 Å². The maximum atomic E-state index is 10.7. The summed E-state index contributed by atoms with van der Waals surface area (Å²) in [5.74, 6) is 0.345. The van der Waals surface area contributed by atoms with Crippen LogP contribution in [-0.4, -0.2) is 5.78 Å². The Kier molecular flexibility index (Phi) is 21.6. The number of Topliss-reactive ketones (excluding diaryl/α,β-unsaturated/α-hetero) is 1. The van der Waals surface area contributed by atoms with E-state index in [4.69, 9.17) is 0 Å². The summed E-state index contributed by atoms with van der Waals surface area (Å²) in [6.07, 6.45) is 18.6. The van der Waals surface area contributed by atoms with E-state index in [2.05, 4.69) is 6.92 Å². The van der Waals surface area contributed by atoms with E-state index < -0.39 is 0 Å². The van der Waals surface area contributed by atoms with Gasteiger partial charge in [0.15, 0.2) is 0 Å². The monoisotopic (exact) mass is 278 g/mol. The summed E-state index contributed by atoms with van der Waals surface area (Å²) in [5, 5.41) is 0. The van der Waals surface area contributed by atoms with Crippen LogP contribution in [0.4, 0.5) is 0 Å². The number of hydrogen-bond donors (Lipinski definition) is 0. The van der Waals surface area contributed by atoms with Crippen molar-refractivity contribution in [1.82, 2.24) is 0 Å². The summed E-state index contributed by atoms with van der Waals surface area (Å²) in [5.41, 5.74) is 0. The Morgan fingerprint density at radius 3 is 1.32 bits per heavy atom. The van der Waals surface area contributed by atoms with Gasteiger partial charge in [-0.05, 0) is 13.3 Å². The van der Waals surface area contributed by atoms with Crippen LogP contribution in [0.5, 0.6) is 0 Å². The van der Waals surface area contributed by atoms with Gasteiger partial charge in [0.25, 0.3) is 0 Å². The van der Waals surface area contributed by atoms with Crippen LogP contribution in [0, 0.1) is 0 Å². The number of rotatable bonds is 14. The van der Waals surface area contributed by atoms with Crippen molar-refractivity contribution in [2.75, 3.05) is 0 Å². The van der Waals surface area contributed by atoms with Crippen molar-refractivity contribution in [3.05, 3.63) is 0 Å². The second kappa shape index (κ2) is 18.7. The van der Waals surface area contributed by atoms with Crippen LogP contribution in [0.2, 0.25) is 0 Å². The second-order valence-electron chi connectivity index (χ2n) is 5.69. The maximum Gasteiger partial charge on any atom is 1.00 e. The van der Waals surface area contributed by atoms with Crippen molar-refractivity contribution in [1.29, 1.82) is 0 Å². The van der Waals surface area contributed by atoms with E-state index in [9.17, 15) is 4.79 Å². The maximum absolute atomic E-state index is 10.7. The molecule has 0 aliphatic rings. The normalized spacial score (nSPS) is 10.2. The third kappa shape index (κ3) is 21.1. The van der Waals surface area contributed by atoms with Crippen molar-refractivity contribution < 1.29 is 35.8 Å². The minimum atomic E-state index is 0. The van der Waals surface area contributed by atoms with E-state index in [-0.39, 0.29) is 31.0 Å². The molecular weight excluding hydrogens is 243 g/mol. The quantitative estimate of drug-likeness (QED) is 0.352. The van der Waals surface area contributed by atoms with E-state index in [1.54, 1.807) is 6.92 Å². The summed E-state index contributed by atoms with van der Waals surface area (Å²) in [6, 6.07) is 0. The van der Waals surface area contributed by atoms with Gasteiger partial charge in [-0.1, -0.05) is 84.0 Å². The minimum Gasteiger partial charge on any atom is -1.00 e. The van der Waals surface area contributed by atoms with Crippen molar-refractivity contribution in [3.63, 3.8) is 0 Å². The summed E-state index contributed by atoms with van der Waals surface area (Å²) in [7, 11) is 0. The fourth-order valence-corrected chi connectivity index (χ4v) is 2.39. The largest absolute Gasteiger partial charge is 1.00 e. The van der Waals surface area contributed by atoms with Gasteiger partial charge in [-0.25, -0.2) is 0 Å². The van der Waals surface area contributed by atoms with Gasteiger partial charge in [0.1, 0.15) is 5.78 Å². The van der Waals surface area contributed by atoms with Crippen molar-refractivity contribution >= 4 is 5.78 Å². The van der Waals surface area contributed by atoms with Gasteiger partial charge in [-0.3, -0.25) is 0 Å². The summed E-state index contributed by atoms with van der Waals surface area (Å²) in [4.78, 5) is 10.7. The molecule has 0 fully saturated rings. The van der Waals surface area contributed by atoms with E-state index in [0.717, 1.165) is 12.8 Å². The molecule has 0 unspecified atom stereocenters. The van der Waals surface area contributed by atoms with Crippen LogP contribution in [0.1, 0.15) is 105 Å². The van der Waals surface area contributed by atoms with Crippen molar-refractivity contribution in [3.8, 4) is 0 Å². The van der Waals surface area contributed by atoms with Gasteiger partial charge < -0.3 is 6.22 Å². The predicted octanol–water partition coefficient (Wildman–Crippen LogP) is 3.17. The zero-order valence-corrected chi connectivity index (χ0v) is 15.8. The number of hydrogen-bond acceptors (Lipinski definition) is 1. The minimum absolute atomic E-state index is 0. The molecule has 0 aliphatic carbocycles. The molecule has 0 aliphatic heterocycles. The molecule has 0 aromatic carbocycles. The van der Waals surface area contributed by atoms with Crippen LogP contribution in [0.3, 0.4) is 0 Å². The third-order valence-corrected chi connectivity index (χ3v) is 3.63. The van der Waals surface area contributed by atoms with Gasteiger partial charge in [0, 0.05) is 6.42 Å². The van der Waals surface area contributed by atoms with Crippen LogP contribution < -0.4 is 29.6 Å². The molecule has 0 heterocycles. The third-order valence-electron chi connectivity index (χ3n) is 3.63. The standard InChI is InChI=1S/C17H34O.Na.H/c1-3-4-5-6-7-8-9-10-11-12-13-14-15-16-17(2)18;;/h3-16H2,1-2H3;;/q;+1;-1. The van der Waals surface area contributed by atoms with E-state index in [1.807, 2.05) is 0 Å². The second-order valence-corrected chi connectivity index (χ2v) is 5.69. The summed E-state index contributed by atoms with van der Waals surface area (Å²) < 4.78 is 0. The number of unbranched alkanes of at least 4 members (excludes halogenated alkanes) is 12. The van der Waals surface area contributed by atoms with Gasteiger partial charge in [-0.2, -0.15) is 0 Å². The molecule has 0 rings (SSSR count). The first kappa shape index (κ1) is 22.0. The Hall–Kier alpha value is 0.670. The van der Waals surface area contributed by atoms with E-state index >= 15 is 0 Å². The first-order chi connectivity index (χ1) is 8.77. The Morgan fingerprint density at radius 2 is 1.00 bits per heavy atom. The van der Waals surface area contributed by atoms with Crippen molar-refractivity contribution in [2.24, 2.45) is 0 Å². The Labute approximate surface area is 145 Å². The summed E-state index contributed by atoms with van der Waals surface area (Å²) >= 11 is 0. The molecule has 0 saturated heterocycles. The fraction of sp³-hybridized carbons (Fsp3) is 0.941. The topological polar surface area (TPSA) is 17.1 Å². The van der Waals surface area contributed by atoms with Gasteiger partial charge >= 0.3 is 29.6 Å². The van der Waals surface area contributed by atoms with Crippen LogP contribution in [0.25, 0.3) is 0 Å². The molecule has 0 saturated carbocycles. The van der Waals surface area contributed by atoms with E-state index in [0.29, 0.717) is 5.78 Å². The Balaban J connectivity index is -0.00000144. The van der Waals surface area contributed by atoms with Gasteiger partial charge in [0.05, 0.1) is 0 Å². The van der Waals surface area contributed by atoms with E-state index in [1.165, 1.54) is 77.0 Å². The number of carbonyl (C=O) groups is 1. The van der Waals surface area contributed by atoms with Gasteiger partial charge in [-0.15, -0.1) is 0 Å². The fourth-order valence-electron chi connectivity index (χ4n) is 2.39. The summed E-state index contributed by atoms with van der Waals surface area (Å²) in [6.45, 7) is 3.97. The first-order valence-electron chi connectivity index (χ1n) is 8.26. The number of ketones is 1. The molecule has 0 bridgehead atoms. The molecule has 2 heteroatoms. The first-order valence-corrected chi connectivity index (χ1v) is 8.26. The molecule has 0 amide bonds. The van der Waals surface area contributed by atoms with Crippen LogP contribution in [0.15, 0.2) is 0 Å². The van der Waals surface area contributed by atoms with Crippen LogP contribution >= 0.6 is 0 Å². The smallest absolute Gasteiger partial charge is 1.00 e. The Bertz CT molecular complexity index is 186. The molecule has 0 aromatic rings. The van der Waals surface area contributed by atoms with Crippen molar-refractivity contribution in [2.45, 2.75) is 104 Å². The average molecular weight is 278 g/mol. The molecule has 110 valence electrons. The molecule has 0 N–H and O–H groups in total. The average Bonchev–Trinajstić information content (AvgIpc) is 2.34. The SMILES string of the molecule is CCCCCCCCCCCCCCCC(C)=O.[H-].[Na+]. The predicted molar refractivity (Wildman–Crippen MR) is 82.1 cm³/mol.